The van der Waals surface area contributed by atoms with Crippen molar-refractivity contribution in [1.29, 1.82) is 0 Å². The van der Waals surface area contributed by atoms with E-state index < -0.39 is 0 Å². The van der Waals surface area contributed by atoms with Gasteiger partial charge in [0.25, 0.3) is 0 Å². The van der Waals surface area contributed by atoms with Crippen molar-refractivity contribution in [3.8, 4) is 0 Å². The SMILES string of the molecule is CC(C)(CCO)NC(=O)C1CSCN1. The molecule has 82 valence electrons. The molecule has 1 heterocycles. The molecule has 1 unspecified atom stereocenters. The van der Waals surface area contributed by atoms with Crippen LogP contribution in [0.15, 0.2) is 0 Å². The normalized spacial score (nSPS) is 22.4. The number of aliphatic hydroxyl groups is 1. The molecule has 0 saturated carbocycles. The first kappa shape index (κ1) is 11.8. The van der Waals surface area contributed by atoms with E-state index in [0.29, 0.717) is 6.42 Å². The molecule has 0 radical (unpaired) electrons. The summed E-state index contributed by atoms with van der Waals surface area (Å²) < 4.78 is 0. The van der Waals surface area contributed by atoms with Crippen molar-refractivity contribution in [2.75, 3.05) is 18.2 Å². The number of rotatable bonds is 4. The number of amides is 1. The second-order valence-corrected chi connectivity index (χ2v) is 5.15. The summed E-state index contributed by atoms with van der Waals surface area (Å²) in [5.74, 6) is 1.72. The van der Waals surface area contributed by atoms with Gasteiger partial charge in [0.15, 0.2) is 0 Å². The van der Waals surface area contributed by atoms with Gasteiger partial charge in [0, 0.05) is 23.8 Å². The summed E-state index contributed by atoms with van der Waals surface area (Å²) in [5.41, 5.74) is -0.319. The van der Waals surface area contributed by atoms with Crippen LogP contribution in [0.3, 0.4) is 0 Å². The molecule has 3 N–H and O–H groups in total. The zero-order chi connectivity index (χ0) is 10.6. The average molecular weight is 218 g/mol. The first-order chi connectivity index (χ1) is 6.55. The van der Waals surface area contributed by atoms with Crippen LogP contribution in [-0.4, -0.2) is 40.8 Å². The third-order valence-corrected chi connectivity index (χ3v) is 3.17. The minimum Gasteiger partial charge on any atom is -0.396 e. The van der Waals surface area contributed by atoms with Gasteiger partial charge in [-0.3, -0.25) is 10.1 Å². The van der Waals surface area contributed by atoms with Crippen molar-refractivity contribution in [3.63, 3.8) is 0 Å². The minimum absolute atomic E-state index is 0.0356. The van der Waals surface area contributed by atoms with Gasteiger partial charge >= 0.3 is 0 Å². The lowest BCUT2D eigenvalue weighted by atomic mass is 10.0. The molecule has 14 heavy (non-hydrogen) atoms. The molecule has 1 rings (SSSR count). The molecule has 1 fully saturated rings. The van der Waals surface area contributed by atoms with Crippen LogP contribution < -0.4 is 10.6 Å². The number of nitrogens with one attached hydrogen (secondary N) is 2. The molecule has 1 saturated heterocycles. The van der Waals surface area contributed by atoms with E-state index in [-0.39, 0.29) is 24.1 Å². The lowest BCUT2D eigenvalue weighted by Crippen LogP contribution is -2.51. The van der Waals surface area contributed by atoms with E-state index in [0.717, 1.165) is 11.6 Å². The fraction of sp³-hybridized carbons (Fsp3) is 0.889. The molecule has 0 aromatic heterocycles. The van der Waals surface area contributed by atoms with Gasteiger partial charge in [-0.2, -0.15) is 0 Å². The standard InChI is InChI=1S/C9H18N2O2S/c1-9(2,3-4-12)11-8(13)7-5-14-6-10-7/h7,10,12H,3-6H2,1-2H3,(H,11,13). The highest BCUT2D eigenvalue weighted by molar-refractivity contribution is 7.99. The topological polar surface area (TPSA) is 61.4 Å². The number of aliphatic hydroxyl groups excluding tert-OH is 1. The molecule has 0 aromatic carbocycles. The summed E-state index contributed by atoms with van der Waals surface area (Å²) >= 11 is 1.73. The van der Waals surface area contributed by atoms with Gasteiger partial charge < -0.3 is 10.4 Å². The van der Waals surface area contributed by atoms with E-state index in [2.05, 4.69) is 10.6 Å². The Morgan fingerprint density at radius 1 is 1.71 bits per heavy atom. The maximum absolute atomic E-state index is 11.7. The monoisotopic (exact) mass is 218 g/mol. The lowest BCUT2D eigenvalue weighted by molar-refractivity contribution is -0.124. The second-order valence-electron chi connectivity index (χ2n) is 4.12. The fourth-order valence-electron chi connectivity index (χ4n) is 1.33. The summed E-state index contributed by atoms with van der Waals surface area (Å²) in [5, 5.41) is 14.8. The maximum atomic E-state index is 11.7. The Bertz CT molecular complexity index is 203. The number of thioether (sulfide) groups is 1. The highest BCUT2D eigenvalue weighted by atomic mass is 32.2. The van der Waals surface area contributed by atoms with Gasteiger partial charge in [-0.15, -0.1) is 11.8 Å². The van der Waals surface area contributed by atoms with Crippen LogP contribution >= 0.6 is 11.8 Å². The van der Waals surface area contributed by atoms with E-state index in [9.17, 15) is 4.79 Å². The van der Waals surface area contributed by atoms with Crippen molar-refractivity contribution in [2.45, 2.75) is 31.8 Å². The first-order valence-corrected chi connectivity index (χ1v) is 5.95. The Labute approximate surface area is 88.8 Å². The first-order valence-electron chi connectivity index (χ1n) is 4.79. The summed E-state index contributed by atoms with van der Waals surface area (Å²) in [6, 6.07) is -0.0713. The van der Waals surface area contributed by atoms with Crippen LogP contribution in [0, 0.1) is 0 Å². The zero-order valence-corrected chi connectivity index (χ0v) is 9.49. The summed E-state index contributed by atoms with van der Waals surface area (Å²) in [7, 11) is 0. The van der Waals surface area contributed by atoms with Crippen LogP contribution in [0.2, 0.25) is 0 Å². The van der Waals surface area contributed by atoms with Gasteiger partial charge in [-0.25, -0.2) is 0 Å². The Morgan fingerprint density at radius 3 is 2.93 bits per heavy atom. The minimum atomic E-state index is -0.319. The Kier molecular flexibility index (Phi) is 4.22. The predicted molar refractivity (Wildman–Crippen MR) is 58.2 cm³/mol. The molecule has 4 nitrogen and oxygen atoms in total. The van der Waals surface area contributed by atoms with Crippen LogP contribution in [0.5, 0.6) is 0 Å². The van der Waals surface area contributed by atoms with Crippen LogP contribution in [-0.2, 0) is 4.79 Å². The van der Waals surface area contributed by atoms with Gasteiger partial charge in [-0.05, 0) is 20.3 Å². The summed E-state index contributed by atoms with van der Waals surface area (Å²) in [6.45, 7) is 3.94. The predicted octanol–water partition coefficient (Wildman–Crippen LogP) is -0.0739. The largest absolute Gasteiger partial charge is 0.396 e. The molecular formula is C9H18N2O2S. The number of hydrogen-bond acceptors (Lipinski definition) is 4. The molecule has 0 spiro atoms. The maximum Gasteiger partial charge on any atom is 0.238 e. The van der Waals surface area contributed by atoms with E-state index in [1.807, 2.05) is 13.8 Å². The van der Waals surface area contributed by atoms with Crippen LogP contribution in [0.4, 0.5) is 0 Å². The van der Waals surface area contributed by atoms with Crippen molar-refractivity contribution in [3.05, 3.63) is 0 Å². The molecule has 1 aliphatic heterocycles. The van der Waals surface area contributed by atoms with Gasteiger partial charge in [0.1, 0.15) is 0 Å². The molecule has 1 amide bonds. The van der Waals surface area contributed by atoms with Gasteiger partial charge in [0.05, 0.1) is 6.04 Å². The Balaban J connectivity index is 2.38. The van der Waals surface area contributed by atoms with Gasteiger partial charge in [-0.1, -0.05) is 0 Å². The molecule has 0 aliphatic carbocycles. The van der Waals surface area contributed by atoms with Crippen molar-refractivity contribution in [2.24, 2.45) is 0 Å². The third-order valence-electron chi connectivity index (χ3n) is 2.23. The second kappa shape index (κ2) is 5.00. The number of hydrogen-bond donors (Lipinski definition) is 3. The molecule has 5 heteroatoms. The smallest absolute Gasteiger partial charge is 0.238 e. The molecule has 1 aliphatic rings. The van der Waals surface area contributed by atoms with Crippen LogP contribution in [0.25, 0.3) is 0 Å². The number of carbonyl (C=O) groups is 1. The highest BCUT2D eigenvalue weighted by Crippen LogP contribution is 2.12. The fourth-order valence-corrected chi connectivity index (χ4v) is 2.27. The summed E-state index contributed by atoms with van der Waals surface area (Å²) in [4.78, 5) is 11.7. The molecule has 0 aromatic rings. The van der Waals surface area contributed by atoms with Crippen molar-refractivity contribution in [1.82, 2.24) is 10.6 Å². The van der Waals surface area contributed by atoms with Crippen molar-refractivity contribution >= 4 is 17.7 Å². The molecule has 0 bridgehead atoms. The van der Waals surface area contributed by atoms with E-state index in [1.165, 1.54) is 0 Å². The quantitative estimate of drug-likeness (QED) is 0.618. The Morgan fingerprint density at radius 2 is 2.43 bits per heavy atom. The molecule has 1 atom stereocenters. The molecular weight excluding hydrogens is 200 g/mol. The lowest BCUT2D eigenvalue weighted by Gasteiger charge is -2.26. The van der Waals surface area contributed by atoms with Crippen LogP contribution in [0.1, 0.15) is 20.3 Å². The van der Waals surface area contributed by atoms with Gasteiger partial charge in [0.2, 0.25) is 5.91 Å². The highest BCUT2D eigenvalue weighted by Gasteiger charge is 2.27. The van der Waals surface area contributed by atoms with E-state index in [4.69, 9.17) is 5.11 Å². The Hall–Kier alpha value is -0.260. The average Bonchev–Trinajstić information content (AvgIpc) is 2.53. The van der Waals surface area contributed by atoms with E-state index >= 15 is 0 Å². The third kappa shape index (κ3) is 3.48. The number of carbonyl (C=O) groups excluding carboxylic acids is 1. The van der Waals surface area contributed by atoms with Crippen molar-refractivity contribution < 1.29 is 9.90 Å². The summed E-state index contributed by atoms with van der Waals surface area (Å²) in [6.07, 6.45) is 0.582. The zero-order valence-electron chi connectivity index (χ0n) is 8.67. The van der Waals surface area contributed by atoms with E-state index in [1.54, 1.807) is 11.8 Å².